The Morgan fingerprint density at radius 3 is 2.59 bits per heavy atom. The number of benzene rings is 1. The first kappa shape index (κ1) is 21.7. The molecule has 160 valence electrons. The van der Waals surface area contributed by atoms with Crippen molar-refractivity contribution >= 4 is 21.8 Å². The maximum Gasteiger partial charge on any atom is 0.243 e. The number of rotatable bonds is 5. The van der Waals surface area contributed by atoms with Crippen LogP contribution in [0.3, 0.4) is 0 Å². The number of fused-ring (bicyclic) bond motifs is 1. The van der Waals surface area contributed by atoms with Gasteiger partial charge in [0.05, 0.1) is 4.90 Å². The molecular weight excluding hydrogens is 397 g/mol. The van der Waals surface area contributed by atoms with Gasteiger partial charge in [-0.05, 0) is 43.4 Å². The number of carbonyl (C=O) groups excluding carboxylic acids is 2. The number of nitrogens with zero attached hydrogens (tertiary/aromatic N) is 2. The van der Waals surface area contributed by atoms with Crippen molar-refractivity contribution in [1.29, 1.82) is 0 Å². The Hall–Kier alpha value is -2.00. The molecule has 0 bridgehead atoms. The quantitative estimate of drug-likeness (QED) is 0.777. The minimum Gasteiger partial charge on any atom is -0.352 e. The Balaban J connectivity index is 1.96. The second-order valence-electron chi connectivity index (χ2n) is 8.41. The van der Waals surface area contributed by atoms with Gasteiger partial charge in [0.1, 0.15) is 11.9 Å². The van der Waals surface area contributed by atoms with Crippen molar-refractivity contribution in [2.45, 2.75) is 63.6 Å². The fraction of sp³-hybridized carbons (Fsp3) is 0.600. The summed E-state index contributed by atoms with van der Waals surface area (Å²) >= 11 is 0. The molecule has 3 rings (SSSR count). The van der Waals surface area contributed by atoms with E-state index in [9.17, 15) is 22.4 Å². The number of nitrogens with one attached hydrogen (secondary N) is 1. The van der Waals surface area contributed by atoms with Crippen molar-refractivity contribution in [2.75, 3.05) is 13.1 Å². The first-order chi connectivity index (χ1) is 13.5. The van der Waals surface area contributed by atoms with Crippen molar-refractivity contribution in [2.24, 2.45) is 5.92 Å². The second-order valence-corrected chi connectivity index (χ2v) is 10.3. The van der Waals surface area contributed by atoms with E-state index in [2.05, 4.69) is 5.32 Å². The lowest BCUT2D eigenvalue weighted by Gasteiger charge is -2.42. The number of aryl methyl sites for hydroxylation is 1. The molecule has 7 nitrogen and oxygen atoms in total. The molecule has 2 heterocycles. The van der Waals surface area contributed by atoms with Crippen LogP contribution < -0.4 is 5.32 Å². The third-order valence-corrected chi connectivity index (χ3v) is 7.44. The van der Waals surface area contributed by atoms with Crippen LogP contribution in [-0.4, -0.2) is 60.7 Å². The van der Waals surface area contributed by atoms with Crippen LogP contribution in [0.15, 0.2) is 23.1 Å². The topological polar surface area (TPSA) is 86.8 Å². The molecule has 9 heteroatoms. The van der Waals surface area contributed by atoms with Gasteiger partial charge in [-0.3, -0.25) is 9.59 Å². The maximum absolute atomic E-state index is 14.0. The Morgan fingerprint density at radius 1 is 1.31 bits per heavy atom. The number of halogens is 1. The van der Waals surface area contributed by atoms with Crippen molar-refractivity contribution in [3.8, 4) is 0 Å². The lowest BCUT2D eigenvalue weighted by atomic mass is 9.99. The molecule has 2 amide bonds. The number of hydrogen-bond donors (Lipinski definition) is 1. The minimum absolute atomic E-state index is 0.0988. The third kappa shape index (κ3) is 4.30. The molecule has 1 aromatic carbocycles. The first-order valence-electron chi connectivity index (χ1n) is 9.86. The summed E-state index contributed by atoms with van der Waals surface area (Å²) in [6.45, 7) is 7.36. The molecule has 2 aliphatic heterocycles. The number of hydrogen-bond acceptors (Lipinski definition) is 4. The predicted octanol–water partition coefficient (Wildman–Crippen LogP) is 1.66. The van der Waals surface area contributed by atoms with E-state index in [1.165, 1.54) is 23.4 Å². The van der Waals surface area contributed by atoms with Crippen LogP contribution in [0.4, 0.5) is 4.39 Å². The van der Waals surface area contributed by atoms with E-state index in [0.717, 1.165) is 6.07 Å². The van der Waals surface area contributed by atoms with Crippen molar-refractivity contribution < 1.29 is 22.4 Å². The van der Waals surface area contributed by atoms with Gasteiger partial charge in [-0.1, -0.05) is 19.9 Å². The third-order valence-electron chi connectivity index (χ3n) is 5.57. The van der Waals surface area contributed by atoms with E-state index >= 15 is 0 Å². The monoisotopic (exact) mass is 425 g/mol. The van der Waals surface area contributed by atoms with Crippen LogP contribution >= 0.6 is 0 Å². The summed E-state index contributed by atoms with van der Waals surface area (Å²) < 4.78 is 42.0. The molecule has 1 aromatic rings. The van der Waals surface area contributed by atoms with Gasteiger partial charge >= 0.3 is 0 Å². The van der Waals surface area contributed by atoms with E-state index in [4.69, 9.17) is 0 Å². The zero-order valence-electron chi connectivity index (χ0n) is 17.2. The summed E-state index contributed by atoms with van der Waals surface area (Å²) in [5.74, 6) is -0.927. The molecule has 0 aliphatic carbocycles. The maximum atomic E-state index is 14.0. The van der Waals surface area contributed by atoms with Gasteiger partial charge in [0.2, 0.25) is 21.8 Å². The smallest absolute Gasteiger partial charge is 0.243 e. The van der Waals surface area contributed by atoms with Crippen molar-refractivity contribution in [1.82, 2.24) is 14.5 Å². The normalized spacial score (nSPS) is 25.4. The fourth-order valence-electron chi connectivity index (χ4n) is 4.20. The van der Waals surface area contributed by atoms with Gasteiger partial charge in [0.25, 0.3) is 0 Å². The average molecular weight is 426 g/mol. The van der Waals surface area contributed by atoms with Crippen LogP contribution in [0.25, 0.3) is 0 Å². The molecular formula is C20H28FN3O4S. The highest BCUT2D eigenvalue weighted by atomic mass is 32.2. The molecule has 29 heavy (non-hydrogen) atoms. The summed E-state index contributed by atoms with van der Waals surface area (Å²) in [4.78, 5) is 26.2. The number of piperazine rings is 1. The number of carbonyl (C=O) groups is 2. The predicted molar refractivity (Wildman–Crippen MR) is 106 cm³/mol. The van der Waals surface area contributed by atoms with Gasteiger partial charge in [0.15, 0.2) is 0 Å². The highest BCUT2D eigenvalue weighted by Crippen LogP contribution is 2.33. The Labute approximate surface area is 171 Å². The molecule has 0 saturated carbocycles. The molecule has 0 spiro atoms. The molecule has 1 N–H and O–H groups in total. The van der Waals surface area contributed by atoms with E-state index in [1.54, 1.807) is 11.8 Å². The largest absolute Gasteiger partial charge is 0.352 e. The van der Waals surface area contributed by atoms with Crippen LogP contribution in [0.2, 0.25) is 0 Å². The molecule has 2 saturated heterocycles. The van der Waals surface area contributed by atoms with Crippen molar-refractivity contribution in [3.63, 3.8) is 0 Å². The Kier molecular flexibility index (Phi) is 6.01. The first-order valence-corrected chi connectivity index (χ1v) is 11.3. The lowest BCUT2D eigenvalue weighted by molar-refractivity contribution is -0.141. The summed E-state index contributed by atoms with van der Waals surface area (Å²) in [5.41, 5.74) is 0.359. The zero-order chi connectivity index (χ0) is 21.5. The summed E-state index contributed by atoms with van der Waals surface area (Å²) in [6.07, 6.45) is 0.869. The average Bonchev–Trinajstić information content (AvgIpc) is 3.01. The molecule has 3 atom stereocenters. The highest BCUT2D eigenvalue weighted by molar-refractivity contribution is 7.89. The van der Waals surface area contributed by atoms with E-state index in [0.29, 0.717) is 24.9 Å². The van der Waals surface area contributed by atoms with Crippen molar-refractivity contribution in [3.05, 3.63) is 29.6 Å². The molecule has 2 aliphatic rings. The van der Waals surface area contributed by atoms with Gasteiger partial charge in [-0.2, -0.15) is 4.31 Å². The molecule has 0 radical (unpaired) electrons. The molecule has 2 fully saturated rings. The van der Waals surface area contributed by atoms with Gasteiger partial charge in [-0.15, -0.1) is 0 Å². The standard InChI is InChI=1S/C20H28FN3O4S/c1-12(2)7-19-20(26)23-10-15(22-14(4)25)8-16(23)11-24(19)29(27,28)17-6-5-13(3)18(21)9-17/h5-6,9,12,15-16,19H,7-8,10-11H2,1-4H3,(H,22,25). The minimum atomic E-state index is -4.05. The summed E-state index contributed by atoms with van der Waals surface area (Å²) in [7, 11) is -4.05. The lowest BCUT2D eigenvalue weighted by Crippen LogP contribution is -2.61. The fourth-order valence-corrected chi connectivity index (χ4v) is 5.84. The van der Waals surface area contributed by atoms with Crippen LogP contribution in [-0.2, 0) is 19.6 Å². The molecule has 0 aromatic heterocycles. The SMILES string of the molecule is CC(=O)NC1CC2CN(S(=O)(=O)c3ccc(C)c(F)c3)C(CC(C)C)C(=O)N2C1. The highest BCUT2D eigenvalue weighted by Gasteiger charge is 2.49. The van der Waals surface area contributed by atoms with Crippen LogP contribution in [0.5, 0.6) is 0 Å². The molecule has 3 unspecified atom stereocenters. The van der Waals surface area contributed by atoms with E-state index in [1.807, 2.05) is 13.8 Å². The Bertz CT molecular complexity index is 918. The van der Waals surface area contributed by atoms with Crippen LogP contribution in [0, 0.1) is 18.7 Å². The van der Waals surface area contributed by atoms with Crippen LogP contribution in [0.1, 0.15) is 39.2 Å². The Morgan fingerprint density at radius 2 is 2.00 bits per heavy atom. The van der Waals surface area contributed by atoms with Gasteiger partial charge < -0.3 is 10.2 Å². The summed E-state index contributed by atoms with van der Waals surface area (Å²) in [5, 5.41) is 2.82. The van der Waals surface area contributed by atoms with E-state index < -0.39 is 21.9 Å². The number of sulfonamides is 1. The zero-order valence-corrected chi connectivity index (χ0v) is 18.0. The van der Waals surface area contributed by atoms with Gasteiger partial charge in [-0.25, -0.2) is 12.8 Å². The summed E-state index contributed by atoms with van der Waals surface area (Å²) in [6, 6.07) is 2.49. The number of amides is 2. The van der Waals surface area contributed by atoms with Gasteiger partial charge in [0, 0.05) is 32.1 Å². The second kappa shape index (κ2) is 8.02. The van der Waals surface area contributed by atoms with E-state index in [-0.39, 0.29) is 41.3 Å².